The highest BCUT2D eigenvalue weighted by atomic mass is 16.5. The van der Waals surface area contributed by atoms with Crippen molar-refractivity contribution in [2.24, 2.45) is 5.73 Å². The van der Waals surface area contributed by atoms with Crippen molar-refractivity contribution < 1.29 is 13.9 Å². The number of methoxy groups -OCH3 is 1. The fourth-order valence-electron chi connectivity index (χ4n) is 1.20. The molecule has 0 aliphatic rings. The summed E-state index contributed by atoms with van der Waals surface area (Å²) in [7, 11) is 1.33. The lowest BCUT2D eigenvalue weighted by atomic mass is 10.2. The summed E-state index contributed by atoms with van der Waals surface area (Å²) in [6.45, 7) is 2.06. The summed E-state index contributed by atoms with van der Waals surface area (Å²) in [4.78, 5) is 11.2. The first-order valence-electron chi connectivity index (χ1n) is 4.85. The molecule has 0 aliphatic carbocycles. The summed E-state index contributed by atoms with van der Waals surface area (Å²) in [5.41, 5.74) is 6.16. The Morgan fingerprint density at radius 2 is 2.47 bits per heavy atom. The van der Waals surface area contributed by atoms with Crippen LogP contribution < -0.4 is 11.1 Å². The van der Waals surface area contributed by atoms with Crippen LogP contribution in [0, 0.1) is 0 Å². The third-order valence-electron chi connectivity index (χ3n) is 1.99. The maximum atomic E-state index is 11.2. The van der Waals surface area contributed by atoms with E-state index in [0.29, 0.717) is 13.1 Å². The molecular weight excluding hydrogens is 196 g/mol. The second-order valence-electron chi connectivity index (χ2n) is 3.09. The average Bonchev–Trinajstić information content (AvgIpc) is 2.71. The SMILES string of the molecule is COC(=O)c1occc1CNCCCN. The van der Waals surface area contributed by atoms with Gasteiger partial charge in [0.05, 0.1) is 13.4 Å². The topological polar surface area (TPSA) is 77.5 Å². The van der Waals surface area contributed by atoms with Crippen molar-refractivity contribution in [3.05, 3.63) is 23.7 Å². The van der Waals surface area contributed by atoms with Gasteiger partial charge in [-0.3, -0.25) is 0 Å². The number of nitrogens with two attached hydrogens (primary N) is 1. The number of carbonyl (C=O) groups excluding carboxylic acids is 1. The zero-order valence-electron chi connectivity index (χ0n) is 8.79. The molecule has 0 spiro atoms. The Bertz CT molecular complexity index is 309. The van der Waals surface area contributed by atoms with Crippen LogP contribution >= 0.6 is 0 Å². The molecule has 0 fully saturated rings. The molecule has 0 saturated carbocycles. The molecule has 1 heterocycles. The zero-order chi connectivity index (χ0) is 11.1. The lowest BCUT2D eigenvalue weighted by molar-refractivity contribution is 0.0563. The lowest BCUT2D eigenvalue weighted by Crippen LogP contribution is -2.18. The van der Waals surface area contributed by atoms with Crippen molar-refractivity contribution in [3.63, 3.8) is 0 Å². The molecule has 3 N–H and O–H groups in total. The number of rotatable bonds is 6. The Balaban J connectivity index is 2.46. The summed E-state index contributed by atoms with van der Waals surface area (Å²) >= 11 is 0. The van der Waals surface area contributed by atoms with Crippen molar-refractivity contribution in [1.29, 1.82) is 0 Å². The van der Waals surface area contributed by atoms with E-state index in [9.17, 15) is 4.79 Å². The Labute approximate surface area is 88.6 Å². The van der Waals surface area contributed by atoms with E-state index >= 15 is 0 Å². The molecule has 5 nitrogen and oxygen atoms in total. The maximum Gasteiger partial charge on any atom is 0.374 e. The third kappa shape index (κ3) is 3.38. The number of carbonyl (C=O) groups is 1. The lowest BCUT2D eigenvalue weighted by Gasteiger charge is -2.03. The molecule has 0 atom stereocenters. The first kappa shape index (κ1) is 11.7. The van der Waals surface area contributed by atoms with Crippen LogP contribution in [0.5, 0.6) is 0 Å². The highest BCUT2D eigenvalue weighted by Crippen LogP contribution is 2.11. The fourth-order valence-corrected chi connectivity index (χ4v) is 1.20. The van der Waals surface area contributed by atoms with Crippen LogP contribution in [0.2, 0.25) is 0 Å². The monoisotopic (exact) mass is 212 g/mol. The number of nitrogens with one attached hydrogen (secondary N) is 1. The number of furan rings is 1. The van der Waals surface area contributed by atoms with Gasteiger partial charge in [0.2, 0.25) is 5.76 Å². The predicted octanol–water partition coefficient (Wildman–Crippen LogP) is 0.505. The van der Waals surface area contributed by atoms with Crippen LogP contribution in [0.4, 0.5) is 0 Å². The van der Waals surface area contributed by atoms with Crippen LogP contribution in [0.1, 0.15) is 22.5 Å². The van der Waals surface area contributed by atoms with Crippen LogP contribution in [-0.4, -0.2) is 26.2 Å². The van der Waals surface area contributed by atoms with Gasteiger partial charge in [0.25, 0.3) is 0 Å². The van der Waals surface area contributed by atoms with E-state index in [0.717, 1.165) is 18.5 Å². The number of esters is 1. The van der Waals surface area contributed by atoms with Gasteiger partial charge in [-0.15, -0.1) is 0 Å². The summed E-state index contributed by atoms with van der Waals surface area (Å²) in [6.07, 6.45) is 2.39. The molecule has 1 aromatic rings. The predicted molar refractivity (Wildman–Crippen MR) is 55.4 cm³/mol. The van der Waals surface area contributed by atoms with Crippen LogP contribution in [0.3, 0.4) is 0 Å². The minimum Gasteiger partial charge on any atom is -0.463 e. The van der Waals surface area contributed by atoms with E-state index in [-0.39, 0.29) is 5.76 Å². The van der Waals surface area contributed by atoms with Gasteiger partial charge in [-0.1, -0.05) is 0 Å². The van der Waals surface area contributed by atoms with Crippen molar-refractivity contribution >= 4 is 5.97 Å². The highest BCUT2D eigenvalue weighted by molar-refractivity contribution is 5.87. The van der Waals surface area contributed by atoms with Gasteiger partial charge >= 0.3 is 5.97 Å². The Morgan fingerprint density at radius 1 is 1.67 bits per heavy atom. The minimum atomic E-state index is -0.448. The summed E-state index contributed by atoms with van der Waals surface area (Å²) in [5, 5.41) is 3.16. The molecule has 1 aromatic heterocycles. The first-order chi connectivity index (χ1) is 7.29. The van der Waals surface area contributed by atoms with Crippen LogP contribution in [-0.2, 0) is 11.3 Å². The van der Waals surface area contributed by atoms with Crippen molar-refractivity contribution in [2.45, 2.75) is 13.0 Å². The van der Waals surface area contributed by atoms with E-state index in [2.05, 4.69) is 10.1 Å². The molecule has 0 saturated heterocycles. The molecule has 5 heteroatoms. The molecule has 0 bridgehead atoms. The Kier molecular flexibility index (Phi) is 4.86. The van der Waals surface area contributed by atoms with Gasteiger partial charge in [0.1, 0.15) is 0 Å². The average molecular weight is 212 g/mol. The second-order valence-corrected chi connectivity index (χ2v) is 3.09. The quantitative estimate of drug-likeness (QED) is 0.530. The van der Waals surface area contributed by atoms with Crippen molar-refractivity contribution in [2.75, 3.05) is 20.2 Å². The molecule has 84 valence electrons. The maximum absolute atomic E-state index is 11.2. The molecule has 0 radical (unpaired) electrons. The van der Waals surface area contributed by atoms with E-state index in [4.69, 9.17) is 10.2 Å². The van der Waals surface area contributed by atoms with E-state index in [1.54, 1.807) is 6.07 Å². The summed E-state index contributed by atoms with van der Waals surface area (Å²) in [5.74, 6) is -0.187. The fraction of sp³-hybridized carbons (Fsp3) is 0.500. The van der Waals surface area contributed by atoms with Gasteiger partial charge in [0.15, 0.2) is 0 Å². The Hall–Kier alpha value is -1.33. The van der Waals surface area contributed by atoms with Gasteiger partial charge < -0.3 is 20.2 Å². The van der Waals surface area contributed by atoms with Crippen LogP contribution in [0.25, 0.3) is 0 Å². The van der Waals surface area contributed by atoms with Gasteiger partial charge in [-0.05, 0) is 25.6 Å². The normalized spacial score (nSPS) is 10.3. The largest absolute Gasteiger partial charge is 0.463 e. The molecule has 15 heavy (non-hydrogen) atoms. The Morgan fingerprint density at radius 3 is 3.13 bits per heavy atom. The van der Waals surface area contributed by atoms with E-state index in [1.165, 1.54) is 13.4 Å². The number of hydrogen-bond acceptors (Lipinski definition) is 5. The minimum absolute atomic E-state index is 0.262. The van der Waals surface area contributed by atoms with Crippen LogP contribution in [0.15, 0.2) is 16.7 Å². The van der Waals surface area contributed by atoms with E-state index < -0.39 is 5.97 Å². The second kappa shape index (κ2) is 6.21. The summed E-state index contributed by atoms with van der Waals surface area (Å²) in [6, 6.07) is 1.75. The molecule has 0 aliphatic heterocycles. The summed E-state index contributed by atoms with van der Waals surface area (Å²) < 4.78 is 9.62. The standard InChI is InChI=1S/C10H16N2O3/c1-14-10(13)9-8(3-6-15-9)7-12-5-2-4-11/h3,6,12H,2,4-5,7,11H2,1H3. The van der Waals surface area contributed by atoms with Gasteiger partial charge in [-0.25, -0.2) is 4.79 Å². The molecule has 0 unspecified atom stereocenters. The third-order valence-corrected chi connectivity index (χ3v) is 1.99. The van der Waals surface area contributed by atoms with Crippen molar-refractivity contribution in [3.8, 4) is 0 Å². The highest BCUT2D eigenvalue weighted by Gasteiger charge is 2.14. The van der Waals surface area contributed by atoms with E-state index in [1.807, 2.05) is 0 Å². The zero-order valence-corrected chi connectivity index (χ0v) is 8.79. The molecular formula is C10H16N2O3. The first-order valence-corrected chi connectivity index (χ1v) is 4.85. The molecule has 0 amide bonds. The van der Waals surface area contributed by atoms with Gasteiger partial charge in [-0.2, -0.15) is 0 Å². The smallest absolute Gasteiger partial charge is 0.374 e. The molecule has 1 rings (SSSR count). The number of ether oxygens (including phenoxy) is 1. The van der Waals surface area contributed by atoms with Crippen molar-refractivity contribution in [1.82, 2.24) is 5.32 Å². The van der Waals surface area contributed by atoms with Gasteiger partial charge in [0, 0.05) is 12.1 Å². The number of hydrogen-bond donors (Lipinski definition) is 2. The molecule has 0 aromatic carbocycles.